The number of rotatable bonds is 0. The maximum atomic E-state index is 11.6. The number of carbonyl (C=O) groups is 2. The van der Waals surface area contributed by atoms with Crippen LogP contribution in [0.1, 0.15) is 53.4 Å². The van der Waals surface area contributed by atoms with Crippen molar-refractivity contribution >= 4 is 11.9 Å². The topological polar surface area (TPSA) is 43.4 Å². The lowest BCUT2D eigenvalue weighted by atomic mass is 9.67. The molecule has 0 N–H and O–H groups in total. The molecule has 0 radical (unpaired) electrons. The second-order valence-corrected chi connectivity index (χ2v) is 6.82. The highest BCUT2D eigenvalue weighted by atomic mass is 16.6. The molecule has 0 bridgehead atoms. The van der Waals surface area contributed by atoms with E-state index in [1.165, 1.54) is 0 Å². The lowest BCUT2D eigenvalue weighted by molar-refractivity contribution is -0.151. The minimum absolute atomic E-state index is 0.0359. The van der Waals surface area contributed by atoms with Gasteiger partial charge < -0.3 is 4.74 Å². The first kappa shape index (κ1) is 12.3. The van der Waals surface area contributed by atoms with Crippen LogP contribution in [0.4, 0.5) is 0 Å². The lowest BCUT2D eigenvalue weighted by Crippen LogP contribution is -2.26. The molecule has 0 saturated carbocycles. The Morgan fingerprint density at radius 2 is 1.53 bits per heavy atom. The SMILES string of the molecule is CC1(C)CCC2=C(CC(C)(C)C1)C(=O)OC2=O. The highest BCUT2D eigenvalue weighted by Gasteiger charge is 2.40. The molecular formula is C14H20O3. The van der Waals surface area contributed by atoms with Crippen LogP contribution >= 0.6 is 0 Å². The highest BCUT2D eigenvalue weighted by Crippen LogP contribution is 2.45. The van der Waals surface area contributed by atoms with Gasteiger partial charge in [0.05, 0.1) is 0 Å². The molecule has 0 spiro atoms. The first-order valence-corrected chi connectivity index (χ1v) is 6.19. The van der Waals surface area contributed by atoms with Crippen molar-refractivity contribution in [1.82, 2.24) is 0 Å². The average molecular weight is 236 g/mol. The molecule has 0 saturated heterocycles. The van der Waals surface area contributed by atoms with Gasteiger partial charge in [-0.1, -0.05) is 27.7 Å². The Morgan fingerprint density at radius 1 is 0.941 bits per heavy atom. The van der Waals surface area contributed by atoms with Crippen LogP contribution < -0.4 is 0 Å². The van der Waals surface area contributed by atoms with E-state index >= 15 is 0 Å². The third kappa shape index (κ3) is 2.43. The predicted octanol–water partition coefficient (Wildman–Crippen LogP) is 2.99. The van der Waals surface area contributed by atoms with Crippen molar-refractivity contribution in [2.24, 2.45) is 10.8 Å². The van der Waals surface area contributed by atoms with E-state index in [0.29, 0.717) is 24.0 Å². The van der Waals surface area contributed by atoms with E-state index in [0.717, 1.165) is 12.8 Å². The van der Waals surface area contributed by atoms with Crippen LogP contribution in [0.2, 0.25) is 0 Å². The second-order valence-electron chi connectivity index (χ2n) is 6.82. The summed E-state index contributed by atoms with van der Waals surface area (Å²) in [6.45, 7) is 8.76. The second kappa shape index (κ2) is 3.69. The molecule has 1 heterocycles. The quantitative estimate of drug-likeness (QED) is 0.479. The summed E-state index contributed by atoms with van der Waals surface area (Å²) in [4.78, 5) is 23.2. The minimum Gasteiger partial charge on any atom is -0.386 e. The summed E-state index contributed by atoms with van der Waals surface area (Å²) in [6, 6.07) is 0. The van der Waals surface area contributed by atoms with Gasteiger partial charge in [-0.3, -0.25) is 0 Å². The van der Waals surface area contributed by atoms with E-state index in [4.69, 9.17) is 4.74 Å². The Hall–Kier alpha value is -1.12. The van der Waals surface area contributed by atoms with Gasteiger partial charge in [0.15, 0.2) is 0 Å². The Morgan fingerprint density at radius 3 is 2.18 bits per heavy atom. The van der Waals surface area contributed by atoms with Gasteiger partial charge in [-0.25, -0.2) is 9.59 Å². The molecule has 0 atom stereocenters. The molecule has 0 fully saturated rings. The van der Waals surface area contributed by atoms with Gasteiger partial charge in [0.2, 0.25) is 0 Å². The average Bonchev–Trinajstić information content (AvgIpc) is 2.35. The molecular weight excluding hydrogens is 216 g/mol. The minimum atomic E-state index is -0.419. The molecule has 2 rings (SSSR count). The Balaban J connectivity index is 2.39. The molecule has 0 aromatic carbocycles. The normalized spacial score (nSPS) is 27.3. The zero-order chi connectivity index (χ0) is 12.8. The third-order valence-corrected chi connectivity index (χ3v) is 3.71. The summed E-state index contributed by atoms with van der Waals surface area (Å²) < 4.78 is 4.73. The first-order valence-electron chi connectivity index (χ1n) is 6.19. The van der Waals surface area contributed by atoms with Crippen LogP contribution in [0.5, 0.6) is 0 Å². The van der Waals surface area contributed by atoms with E-state index in [9.17, 15) is 9.59 Å². The molecule has 94 valence electrons. The van der Waals surface area contributed by atoms with Crippen molar-refractivity contribution in [1.29, 1.82) is 0 Å². The van der Waals surface area contributed by atoms with Crippen LogP contribution in [0.25, 0.3) is 0 Å². The Bertz CT molecular complexity index is 413. The van der Waals surface area contributed by atoms with Gasteiger partial charge in [0, 0.05) is 11.1 Å². The Kier molecular flexibility index (Phi) is 2.68. The summed E-state index contributed by atoms with van der Waals surface area (Å²) in [5.41, 5.74) is 1.48. The summed E-state index contributed by atoms with van der Waals surface area (Å²) in [5.74, 6) is -0.837. The molecule has 0 unspecified atom stereocenters. The number of ether oxygens (including phenoxy) is 1. The maximum absolute atomic E-state index is 11.6. The molecule has 0 aromatic rings. The molecule has 2 aliphatic rings. The molecule has 17 heavy (non-hydrogen) atoms. The monoisotopic (exact) mass is 236 g/mol. The van der Waals surface area contributed by atoms with E-state index in [-0.39, 0.29) is 10.8 Å². The van der Waals surface area contributed by atoms with E-state index in [2.05, 4.69) is 27.7 Å². The lowest BCUT2D eigenvalue weighted by Gasteiger charge is -2.37. The molecule has 3 nitrogen and oxygen atoms in total. The van der Waals surface area contributed by atoms with Crippen LogP contribution in [0.3, 0.4) is 0 Å². The van der Waals surface area contributed by atoms with E-state index in [1.54, 1.807) is 0 Å². The zero-order valence-electron chi connectivity index (χ0n) is 11.1. The van der Waals surface area contributed by atoms with Crippen molar-refractivity contribution in [2.75, 3.05) is 0 Å². The van der Waals surface area contributed by atoms with Gasteiger partial charge in [-0.05, 0) is 36.5 Å². The van der Waals surface area contributed by atoms with Crippen LogP contribution in [-0.2, 0) is 14.3 Å². The van der Waals surface area contributed by atoms with Gasteiger partial charge in [-0.15, -0.1) is 0 Å². The molecule has 3 heteroatoms. The first-order chi connectivity index (χ1) is 7.70. The maximum Gasteiger partial charge on any atom is 0.342 e. The molecule has 1 aliphatic heterocycles. The van der Waals surface area contributed by atoms with Crippen molar-refractivity contribution in [3.63, 3.8) is 0 Å². The van der Waals surface area contributed by atoms with E-state index < -0.39 is 11.9 Å². The van der Waals surface area contributed by atoms with Crippen molar-refractivity contribution in [3.05, 3.63) is 11.1 Å². The summed E-state index contributed by atoms with van der Waals surface area (Å²) in [7, 11) is 0. The third-order valence-electron chi connectivity index (χ3n) is 3.71. The predicted molar refractivity (Wildman–Crippen MR) is 64.2 cm³/mol. The fourth-order valence-electron chi connectivity index (χ4n) is 3.27. The summed E-state index contributed by atoms with van der Waals surface area (Å²) >= 11 is 0. The van der Waals surface area contributed by atoms with Gasteiger partial charge in [0.25, 0.3) is 0 Å². The summed E-state index contributed by atoms with van der Waals surface area (Å²) in [6.07, 6.45) is 3.30. The number of cyclic esters (lactones) is 2. The van der Waals surface area contributed by atoms with Gasteiger partial charge in [0.1, 0.15) is 0 Å². The van der Waals surface area contributed by atoms with Crippen LogP contribution in [0, 0.1) is 10.8 Å². The summed E-state index contributed by atoms with van der Waals surface area (Å²) in [5, 5.41) is 0. The van der Waals surface area contributed by atoms with Crippen LogP contribution in [0.15, 0.2) is 11.1 Å². The molecule has 1 aliphatic carbocycles. The Labute approximate surface area is 102 Å². The standard InChI is InChI=1S/C14H20O3/c1-13(2)6-5-9-10(7-14(3,4)8-13)12(16)17-11(9)15/h5-8H2,1-4H3. The van der Waals surface area contributed by atoms with Crippen LogP contribution in [-0.4, -0.2) is 11.9 Å². The fraction of sp³-hybridized carbons (Fsp3) is 0.714. The zero-order valence-corrected chi connectivity index (χ0v) is 11.1. The molecule has 0 aromatic heterocycles. The largest absolute Gasteiger partial charge is 0.386 e. The number of hydrogen-bond acceptors (Lipinski definition) is 3. The van der Waals surface area contributed by atoms with Crippen molar-refractivity contribution in [2.45, 2.75) is 53.4 Å². The number of hydrogen-bond donors (Lipinski definition) is 0. The van der Waals surface area contributed by atoms with E-state index in [1.807, 2.05) is 0 Å². The van der Waals surface area contributed by atoms with Gasteiger partial charge >= 0.3 is 11.9 Å². The smallest absolute Gasteiger partial charge is 0.342 e. The fourth-order valence-corrected chi connectivity index (χ4v) is 3.27. The van der Waals surface area contributed by atoms with Gasteiger partial charge in [-0.2, -0.15) is 0 Å². The van der Waals surface area contributed by atoms with Crippen molar-refractivity contribution < 1.29 is 14.3 Å². The highest BCUT2D eigenvalue weighted by molar-refractivity contribution is 6.12. The number of carbonyl (C=O) groups excluding carboxylic acids is 2. The molecule has 0 amide bonds. The van der Waals surface area contributed by atoms with Crippen molar-refractivity contribution in [3.8, 4) is 0 Å². The number of esters is 2.